The van der Waals surface area contributed by atoms with E-state index in [2.05, 4.69) is 10.6 Å². The second kappa shape index (κ2) is 6.56. The van der Waals surface area contributed by atoms with Crippen LogP contribution in [0.1, 0.15) is 24.3 Å². The molecule has 1 atom stereocenters. The Balaban J connectivity index is 2.02. The third-order valence-electron chi connectivity index (χ3n) is 2.75. The van der Waals surface area contributed by atoms with Gasteiger partial charge in [0.05, 0.1) is 6.26 Å². The number of hydrogen-bond donors (Lipinski definition) is 2. The zero-order chi connectivity index (χ0) is 14.4. The lowest BCUT2D eigenvalue weighted by Crippen LogP contribution is -2.39. The van der Waals surface area contributed by atoms with Gasteiger partial charge in [0.1, 0.15) is 5.76 Å². The van der Waals surface area contributed by atoms with Gasteiger partial charge < -0.3 is 15.1 Å². The lowest BCUT2D eigenvalue weighted by atomic mass is 10.2. The molecule has 0 spiro atoms. The first-order chi connectivity index (χ1) is 9.66. The van der Waals surface area contributed by atoms with Crippen molar-refractivity contribution in [1.82, 2.24) is 10.6 Å². The zero-order valence-electron chi connectivity index (χ0n) is 11.1. The predicted molar refractivity (Wildman–Crippen MR) is 73.6 cm³/mol. The highest BCUT2D eigenvalue weighted by Gasteiger charge is 2.23. The number of rotatable bonds is 5. The van der Waals surface area contributed by atoms with Crippen molar-refractivity contribution in [3.63, 3.8) is 0 Å². The molecule has 0 radical (unpaired) electrons. The summed E-state index contributed by atoms with van der Waals surface area (Å²) in [7, 11) is 0. The van der Waals surface area contributed by atoms with Crippen molar-refractivity contribution in [3.8, 4) is 0 Å². The molecular formula is C15H16N2O3. The fourth-order valence-corrected chi connectivity index (χ4v) is 1.81. The lowest BCUT2D eigenvalue weighted by Gasteiger charge is -2.15. The smallest absolute Gasteiger partial charge is 0.250 e. The van der Waals surface area contributed by atoms with Crippen LogP contribution in [-0.4, -0.2) is 11.8 Å². The third kappa shape index (κ3) is 3.71. The summed E-state index contributed by atoms with van der Waals surface area (Å²) in [5, 5.41) is 5.35. The van der Waals surface area contributed by atoms with Crippen molar-refractivity contribution in [2.45, 2.75) is 19.5 Å². The van der Waals surface area contributed by atoms with Crippen molar-refractivity contribution >= 4 is 11.8 Å². The first kappa shape index (κ1) is 13.9. The molecule has 0 bridgehead atoms. The Hall–Kier alpha value is -2.56. The van der Waals surface area contributed by atoms with E-state index in [1.54, 1.807) is 12.1 Å². The first-order valence-electron chi connectivity index (χ1n) is 6.29. The molecule has 5 heteroatoms. The summed E-state index contributed by atoms with van der Waals surface area (Å²) in [6, 6.07) is 12.1. The van der Waals surface area contributed by atoms with Gasteiger partial charge in [-0.3, -0.25) is 9.59 Å². The summed E-state index contributed by atoms with van der Waals surface area (Å²) >= 11 is 0. The van der Waals surface area contributed by atoms with E-state index in [-0.39, 0.29) is 11.8 Å². The molecule has 0 aliphatic rings. The van der Waals surface area contributed by atoms with Crippen molar-refractivity contribution in [3.05, 3.63) is 60.1 Å². The fraction of sp³-hybridized carbons (Fsp3) is 0.200. The molecule has 1 aromatic carbocycles. The van der Waals surface area contributed by atoms with Gasteiger partial charge in [0, 0.05) is 13.5 Å². The minimum Gasteiger partial charge on any atom is -0.467 e. The van der Waals surface area contributed by atoms with Gasteiger partial charge in [-0.15, -0.1) is 0 Å². The van der Waals surface area contributed by atoms with Crippen LogP contribution in [0.4, 0.5) is 0 Å². The molecule has 1 heterocycles. The van der Waals surface area contributed by atoms with Crippen molar-refractivity contribution in [1.29, 1.82) is 0 Å². The molecule has 104 valence electrons. The normalized spacial score (nSPS) is 11.7. The molecular weight excluding hydrogens is 256 g/mol. The first-order valence-corrected chi connectivity index (χ1v) is 6.29. The molecule has 2 N–H and O–H groups in total. The molecule has 0 fully saturated rings. The van der Waals surface area contributed by atoms with Gasteiger partial charge in [0.2, 0.25) is 5.91 Å². The number of benzene rings is 1. The molecule has 1 aromatic heterocycles. The fourth-order valence-electron chi connectivity index (χ4n) is 1.81. The number of nitrogens with one attached hydrogen (secondary N) is 2. The van der Waals surface area contributed by atoms with Crippen LogP contribution in [0.25, 0.3) is 0 Å². The Bertz CT molecular complexity index is 564. The summed E-state index contributed by atoms with van der Waals surface area (Å²) in [6.07, 6.45) is 1.47. The molecule has 0 saturated carbocycles. The molecule has 0 aliphatic heterocycles. The quantitative estimate of drug-likeness (QED) is 0.871. The Labute approximate surface area is 117 Å². The highest BCUT2D eigenvalue weighted by atomic mass is 16.3. The number of carbonyl (C=O) groups is 2. The van der Waals surface area contributed by atoms with Crippen LogP contribution in [0.15, 0.2) is 53.1 Å². The number of furan rings is 1. The highest BCUT2D eigenvalue weighted by molar-refractivity contribution is 5.87. The van der Waals surface area contributed by atoms with E-state index >= 15 is 0 Å². The van der Waals surface area contributed by atoms with Crippen molar-refractivity contribution in [2.75, 3.05) is 0 Å². The number of carbonyl (C=O) groups excluding carboxylic acids is 2. The van der Waals surface area contributed by atoms with Crippen molar-refractivity contribution < 1.29 is 14.0 Å². The highest BCUT2D eigenvalue weighted by Crippen LogP contribution is 2.14. The molecule has 2 amide bonds. The maximum absolute atomic E-state index is 12.2. The van der Waals surface area contributed by atoms with Crippen LogP contribution in [0, 0.1) is 0 Å². The van der Waals surface area contributed by atoms with E-state index in [9.17, 15) is 9.59 Å². The monoisotopic (exact) mass is 272 g/mol. The second-order valence-corrected chi connectivity index (χ2v) is 4.35. The summed E-state index contributed by atoms with van der Waals surface area (Å²) < 4.78 is 5.19. The Morgan fingerprint density at radius 1 is 1.15 bits per heavy atom. The molecule has 5 nitrogen and oxygen atoms in total. The topological polar surface area (TPSA) is 71.3 Å². The lowest BCUT2D eigenvalue weighted by molar-refractivity contribution is -0.128. The summed E-state index contributed by atoms with van der Waals surface area (Å²) in [5.41, 5.74) is 0.988. The van der Waals surface area contributed by atoms with Gasteiger partial charge in [-0.25, -0.2) is 0 Å². The second-order valence-electron chi connectivity index (χ2n) is 4.35. The average Bonchev–Trinajstić information content (AvgIpc) is 2.97. The van der Waals surface area contributed by atoms with Crippen LogP contribution in [0.3, 0.4) is 0 Å². The van der Waals surface area contributed by atoms with Gasteiger partial charge in [-0.05, 0) is 17.7 Å². The van der Waals surface area contributed by atoms with E-state index in [0.717, 1.165) is 5.56 Å². The Morgan fingerprint density at radius 3 is 2.50 bits per heavy atom. The average molecular weight is 272 g/mol. The molecule has 0 aliphatic carbocycles. The summed E-state index contributed by atoms with van der Waals surface area (Å²) in [6.45, 7) is 1.76. The standard InChI is InChI=1S/C15H16N2O3/c1-11(18)17-14(13-8-5-9-20-13)15(19)16-10-12-6-3-2-4-7-12/h2-9,14H,10H2,1H3,(H,16,19)(H,17,18). The number of hydrogen-bond acceptors (Lipinski definition) is 3. The predicted octanol–water partition coefficient (Wildman–Crippen LogP) is 1.77. The van der Waals surface area contributed by atoms with Crippen LogP contribution >= 0.6 is 0 Å². The van der Waals surface area contributed by atoms with Crippen LogP contribution < -0.4 is 10.6 Å². The van der Waals surface area contributed by atoms with Gasteiger partial charge in [0.15, 0.2) is 6.04 Å². The van der Waals surface area contributed by atoms with Crippen LogP contribution in [0.5, 0.6) is 0 Å². The summed E-state index contributed by atoms with van der Waals surface area (Å²) in [5.74, 6) is -0.189. The Kier molecular flexibility index (Phi) is 4.55. The molecule has 2 aromatic rings. The molecule has 2 rings (SSSR count). The molecule has 0 saturated heterocycles. The van der Waals surface area contributed by atoms with Crippen LogP contribution in [0.2, 0.25) is 0 Å². The molecule has 20 heavy (non-hydrogen) atoms. The van der Waals surface area contributed by atoms with E-state index < -0.39 is 6.04 Å². The van der Waals surface area contributed by atoms with Gasteiger partial charge >= 0.3 is 0 Å². The van der Waals surface area contributed by atoms with Crippen LogP contribution in [-0.2, 0) is 16.1 Å². The minimum absolute atomic E-state index is 0.290. The maximum atomic E-state index is 12.2. The summed E-state index contributed by atoms with van der Waals surface area (Å²) in [4.78, 5) is 23.4. The van der Waals surface area contributed by atoms with Gasteiger partial charge in [-0.1, -0.05) is 30.3 Å². The SMILES string of the molecule is CC(=O)NC(C(=O)NCc1ccccc1)c1ccco1. The number of amides is 2. The van der Waals surface area contributed by atoms with E-state index in [1.807, 2.05) is 30.3 Å². The maximum Gasteiger partial charge on any atom is 0.250 e. The van der Waals surface area contributed by atoms with E-state index in [4.69, 9.17) is 4.42 Å². The zero-order valence-corrected chi connectivity index (χ0v) is 11.1. The van der Waals surface area contributed by atoms with Crippen molar-refractivity contribution in [2.24, 2.45) is 0 Å². The van der Waals surface area contributed by atoms with E-state index in [0.29, 0.717) is 12.3 Å². The van der Waals surface area contributed by atoms with E-state index in [1.165, 1.54) is 13.2 Å². The third-order valence-corrected chi connectivity index (χ3v) is 2.75. The minimum atomic E-state index is -0.814. The Morgan fingerprint density at radius 2 is 1.90 bits per heavy atom. The largest absolute Gasteiger partial charge is 0.467 e. The molecule has 1 unspecified atom stereocenters. The van der Waals surface area contributed by atoms with Gasteiger partial charge in [-0.2, -0.15) is 0 Å². The van der Waals surface area contributed by atoms with Gasteiger partial charge in [0.25, 0.3) is 5.91 Å².